The van der Waals surface area contributed by atoms with E-state index >= 15 is 0 Å². The Balaban J connectivity index is 1.49. The molecule has 0 saturated carbocycles. The van der Waals surface area contributed by atoms with E-state index in [1.165, 1.54) is 11.1 Å². The number of ketones is 1. The van der Waals surface area contributed by atoms with Gasteiger partial charge in [-0.3, -0.25) is 9.69 Å². The summed E-state index contributed by atoms with van der Waals surface area (Å²) in [7, 11) is 0. The molecule has 23 heavy (non-hydrogen) atoms. The second-order valence-electron chi connectivity index (χ2n) is 6.67. The Morgan fingerprint density at radius 1 is 1.00 bits per heavy atom. The topological polar surface area (TPSA) is 20.3 Å². The largest absolute Gasteiger partial charge is 0.299 e. The molecule has 2 nitrogen and oxygen atoms in total. The van der Waals surface area contributed by atoms with Crippen LogP contribution in [0.25, 0.3) is 0 Å². The van der Waals surface area contributed by atoms with Crippen molar-refractivity contribution in [3.05, 3.63) is 71.3 Å². The molecular weight excluding hydrogens is 282 g/mol. The van der Waals surface area contributed by atoms with Crippen LogP contribution in [0.4, 0.5) is 0 Å². The molecule has 1 aliphatic heterocycles. The Kier molecular flexibility index (Phi) is 5.24. The highest BCUT2D eigenvalue weighted by molar-refractivity contribution is 5.83. The number of carbonyl (C=O) groups is 1. The van der Waals surface area contributed by atoms with E-state index in [0.717, 1.165) is 38.0 Å². The van der Waals surface area contributed by atoms with E-state index in [0.29, 0.717) is 12.2 Å². The summed E-state index contributed by atoms with van der Waals surface area (Å²) in [5, 5.41) is 0. The summed E-state index contributed by atoms with van der Waals surface area (Å²) in [6, 6.07) is 18.9. The molecule has 1 saturated heterocycles. The van der Waals surface area contributed by atoms with Crippen LogP contribution in [-0.4, -0.2) is 23.8 Å². The van der Waals surface area contributed by atoms with Crippen LogP contribution in [0.15, 0.2) is 54.6 Å². The third-order valence-corrected chi connectivity index (χ3v) is 4.75. The fraction of sp³-hybridized carbons (Fsp3) is 0.381. The molecule has 1 fully saturated rings. The van der Waals surface area contributed by atoms with E-state index in [9.17, 15) is 4.79 Å². The van der Waals surface area contributed by atoms with Crippen molar-refractivity contribution in [2.24, 2.45) is 5.92 Å². The molecule has 2 heteroatoms. The van der Waals surface area contributed by atoms with Crippen molar-refractivity contribution < 1.29 is 4.79 Å². The highest BCUT2D eigenvalue weighted by Crippen LogP contribution is 2.21. The molecule has 0 aromatic heterocycles. The number of carbonyl (C=O) groups excluding carboxylic acids is 1. The first-order valence-electron chi connectivity index (χ1n) is 8.55. The van der Waals surface area contributed by atoms with Gasteiger partial charge in [-0.2, -0.15) is 0 Å². The first kappa shape index (κ1) is 15.9. The van der Waals surface area contributed by atoms with Gasteiger partial charge in [0.05, 0.1) is 0 Å². The van der Waals surface area contributed by atoms with Gasteiger partial charge in [-0.15, -0.1) is 0 Å². The second kappa shape index (κ2) is 7.56. The van der Waals surface area contributed by atoms with Gasteiger partial charge in [-0.25, -0.2) is 0 Å². The minimum Gasteiger partial charge on any atom is -0.299 e. The van der Waals surface area contributed by atoms with Gasteiger partial charge in [-0.05, 0) is 44.0 Å². The molecule has 3 rings (SSSR count). The van der Waals surface area contributed by atoms with Crippen LogP contribution in [0.3, 0.4) is 0 Å². The van der Waals surface area contributed by atoms with E-state index in [-0.39, 0.29) is 5.92 Å². The first-order chi connectivity index (χ1) is 11.2. The van der Waals surface area contributed by atoms with Gasteiger partial charge >= 0.3 is 0 Å². The van der Waals surface area contributed by atoms with Crippen LogP contribution in [0.5, 0.6) is 0 Å². The van der Waals surface area contributed by atoms with E-state index in [1.54, 1.807) is 0 Å². The maximum Gasteiger partial charge on any atom is 0.140 e. The SMILES string of the molecule is Cc1cccc(CC(=O)C2CCN(Cc3ccccc3)CC2)c1. The Morgan fingerprint density at radius 2 is 1.70 bits per heavy atom. The summed E-state index contributed by atoms with van der Waals surface area (Å²) in [6.07, 6.45) is 2.58. The van der Waals surface area contributed by atoms with Gasteiger partial charge in [0.25, 0.3) is 0 Å². The molecule has 0 amide bonds. The molecule has 0 aliphatic carbocycles. The van der Waals surface area contributed by atoms with Gasteiger partial charge in [0, 0.05) is 18.9 Å². The van der Waals surface area contributed by atoms with Gasteiger partial charge in [0.2, 0.25) is 0 Å². The molecule has 0 spiro atoms. The summed E-state index contributed by atoms with van der Waals surface area (Å²) in [4.78, 5) is 15.0. The average molecular weight is 307 g/mol. The Hall–Kier alpha value is -1.93. The standard InChI is InChI=1S/C21H25NO/c1-17-6-5-9-19(14-17)15-21(23)20-10-12-22(13-11-20)16-18-7-3-2-4-8-18/h2-9,14,20H,10-13,15-16H2,1H3. The summed E-state index contributed by atoms with van der Waals surface area (Å²) < 4.78 is 0. The van der Waals surface area contributed by atoms with E-state index in [4.69, 9.17) is 0 Å². The quantitative estimate of drug-likeness (QED) is 0.831. The lowest BCUT2D eigenvalue weighted by atomic mass is 9.89. The molecule has 2 aromatic carbocycles. The van der Waals surface area contributed by atoms with Crippen molar-refractivity contribution in [2.75, 3.05) is 13.1 Å². The highest BCUT2D eigenvalue weighted by Gasteiger charge is 2.24. The third kappa shape index (κ3) is 4.52. The van der Waals surface area contributed by atoms with Crippen molar-refractivity contribution in [3.8, 4) is 0 Å². The fourth-order valence-corrected chi connectivity index (χ4v) is 3.42. The number of aryl methyl sites for hydroxylation is 1. The van der Waals surface area contributed by atoms with Crippen LogP contribution >= 0.6 is 0 Å². The van der Waals surface area contributed by atoms with Crippen molar-refractivity contribution in [1.82, 2.24) is 4.90 Å². The maximum absolute atomic E-state index is 12.5. The zero-order valence-corrected chi connectivity index (χ0v) is 13.9. The number of hydrogen-bond acceptors (Lipinski definition) is 2. The van der Waals surface area contributed by atoms with E-state index in [1.807, 2.05) is 6.07 Å². The predicted molar refractivity (Wildman–Crippen MR) is 94.3 cm³/mol. The molecular formula is C21H25NO. The monoisotopic (exact) mass is 307 g/mol. The molecule has 0 radical (unpaired) electrons. The molecule has 0 atom stereocenters. The third-order valence-electron chi connectivity index (χ3n) is 4.75. The normalized spacial score (nSPS) is 16.4. The van der Waals surface area contributed by atoms with Gasteiger partial charge < -0.3 is 0 Å². The van der Waals surface area contributed by atoms with Crippen molar-refractivity contribution in [2.45, 2.75) is 32.7 Å². The highest BCUT2D eigenvalue weighted by atomic mass is 16.1. The summed E-state index contributed by atoms with van der Waals surface area (Å²) in [5.74, 6) is 0.650. The zero-order valence-electron chi connectivity index (χ0n) is 13.9. The molecule has 0 unspecified atom stereocenters. The number of hydrogen-bond donors (Lipinski definition) is 0. The van der Waals surface area contributed by atoms with Crippen LogP contribution in [-0.2, 0) is 17.8 Å². The molecule has 1 heterocycles. The van der Waals surface area contributed by atoms with Crippen LogP contribution < -0.4 is 0 Å². The van der Waals surface area contributed by atoms with E-state index < -0.39 is 0 Å². The van der Waals surface area contributed by atoms with Gasteiger partial charge in [-0.1, -0.05) is 60.2 Å². The molecule has 0 bridgehead atoms. The van der Waals surface area contributed by atoms with E-state index in [2.05, 4.69) is 60.4 Å². The van der Waals surface area contributed by atoms with Crippen LogP contribution in [0, 0.1) is 12.8 Å². The smallest absolute Gasteiger partial charge is 0.140 e. The first-order valence-corrected chi connectivity index (χ1v) is 8.55. The maximum atomic E-state index is 12.5. The zero-order chi connectivity index (χ0) is 16.1. The summed E-state index contributed by atoms with van der Waals surface area (Å²) >= 11 is 0. The van der Waals surface area contributed by atoms with Gasteiger partial charge in [0.1, 0.15) is 5.78 Å². The number of rotatable bonds is 5. The lowest BCUT2D eigenvalue weighted by Crippen LogP contribution is -2.36. The Bertz CT molecular complexity index is 642. The number of benzene rings is 2. The van der Waals surface area contributed by atoms with Crippen molar-refractivity contribution >= 4 is 5.78 Å². The molecule has 120 valence electrons. The van der Waals surface area contributed by atoms with Gasteiger partial charge in [0.15, 0.2) is 0 Å². The lowest BCUT2D eigenvalue weighted by Gasteiger charge is -2.31. The second-order valence-corrected chi connectivity index (χ2v) is 6.67. The Morgan fingerprint density at radius 3 is 2.39 bits per heavy atom. The number of piperidine rings is 1. The minimum atomic E-state index is 0.238. The van der Waals surface area contributed by atoms with Crippen molar-refractivity contribution in [1.29, 1.82) is 0 Å². The predicted octanol–water partition coefficient (Wildman–Crippen LogP) is 4.02. The number of likely N-dealkylation sites (tertiary alicyclic amines) is 1. The molecule has 2 aromatic rings. The molecule has 0 N–H and O–H groups in total. The lowest BCUT2D eigenvalue weighted by molar-refractivity contribution is -0.123. The summed E-state index contributed by atoms with van der Waals surface area (Å²) in [5.41, 5.74) is 3.74. The number of Topliss-reactive ketones (excluding diaryl/α,β-unsaturated/α-hetero) is 1. The van der Waals surface area contributed by atoms with Crippen LogP contribution in [0.1, 0.15) is 29.5 Å². The Labute approximate surface area is 139 Å². The van der Waals surface area contributed by atoms with Crippen LogP contribution in [0.2, 0.25) is 0 Å². The average Bonchev–Trinajstić information content (AvgIpc) is 2.56. The number of nitrogens with zero attached hydrogens (tertiary/aromatic N) is 1. The summed E-state index contributed by atoms with van der Waals surface area (Å²) in [6.45, 7) is 5.13. The van der Waals surface area contributed by atoms with Crippen molar-refractivity contribution in [3.63, 3.8) is 0 Å². The minimum absolute atomic E-state index is 0.238. The molecule has 1 aliphatic rings. The fourth-order valence-electron chi connectivity index (χ4n) is 3.42.